The van der Waals surface area contributed by atoms with Gasteiger partial charge >= 0.3 is 0 Å². The number of ether oxygens (including phenoxy) is 1. The molecule has 96 valence electrons. The van der Waals surface area contributed by atoms with Gasteiger partial charge in [-0.25, -0.2) is 8.42 Å². The maximum atomic E-state index is 11.3. The summed E-state index contributed by atoms with van der Waals surface area (Å²) in [4.78, 5) is 0. The molecule has 0 bridgehead atoms. The zero-order chi connectivity index (χ0) is 12.2. The molecule has 16 heavy (non-hydrogen) atoms. The molecule has 0 radical (unpaired) electrons. The highest BCUT2D eigenvalue weighted by atomic mass is 32.2. The Balaban J connectivity index is 2.27. The van der Waals surface area contributed by atoms with Gasteiger partial charge < -0.3 is 10.5 Å². The van der Waals surface area contributed by atoms with Gasteiger partial charge in [-0.1, -0.05) is 6.92 Å². The van der Waals surface area contributed by atoms with E-state index in [1.807, 2.05) is 6.92 Å². The Morgan fingerprint density at radius 3 is 2.69 bits per heavy atom. The molecule has 0 aromatic carbocycles. The predicted octanol–water partition coefficient (Wildman–Crippen LogP) is 0.954. The van der Waals surface area contributed by atoms with Crippen molar-refractivity contribution in [3.05, 3.63) is 0 Å². The summed E-state index contributed by atoms with van der Waals surface area (Å²) >= 11 is 0. The first-order valence-electron chi connectivity index (χ1n) is 6.04. The van der Waals surface area contributed by atoms with Crippen LogP contribution < -0.4 is 5.73 Å². The molecule has 4 nitrogen and oxygen atoms in total. The molecule has 0 aromatic heterocycles. The van der Waals surface area contributed by atoms with Crippen LogP contribution in [0.25, 0.3) is 0 Å². The molecule has 0 amide bonds. The lowest BCUT2D eigenvalue weighted by Crippen LogP contribution is -2.34. The van der Waals surface area contributed by atoms with Crippen LogP contribution in [0.3, 0.4) is 0 Å². The van der Waals surface area contributed by atoms with Gasteiger partial charge in [-0.05, 0) is 26.2 Å². The second-order valence-electron chi connectivity index (χ2n) is 4.57. The molecule has 1 saturated heterocycles. The Hall–Kier alpha value is -0.130. The fourth-order valence-corrected chi connectivity index (χ4v) is 3.10. The number of hydrogen-bond acceptors (Lipinski definition) is 4. The quantitative estimate of drug-likeness (QED) is 0.761. The smallest absolute Gasteiger partial charge is 0.150 e. The molecule has 0 saturated carbocycles. The van der Waals surface area contributed by atoms with E-state index in [9.17, 15) is 8.42 Å². The van der Waals surface area contributed by atoms with Crippen molar-refractivity contribution in [3.8, 4) is 0 Å². The molecule has 0 aromatic rings. The van der Waals surface area contributed by atoms with Gasteiger partial charge in [0.05, 0.1) is 11.9 Å². The van der Waals surface area contributed by atoms with Crippen molar-refractivity contribution in [1.82, 2.24) is 0 Å². The summed E-state index contributed by atoms with van der Waals surface area (Å²) in [5.74, 6) is 0.883. The molecular formula is C11H23NO3S. The predicted molar refractivity (Wildman–Crippen MR) is 65.1 cm³/mol. The van der Waals surface area contributed by atoms with E-state index in [1.54, 1.807) is 6.92 Å². The van der Waals surface area contributed by atoms with Crippen molar-refractivity contribution in [2.24, 2.45) is 11.7 Å². The van der Waals surface area contributed by atoms with Crippen molar-refractivity contribution >= 4 is 9.84 Å². The Bertz CT molecular complexity index is 302. The third-order valence-corrected chi connectivity index (χ3v) is 5.21. The molecular weight excluding hydrogens is 226 g/mol. The Morgan fingerprint density at radius 2 is 2.19 bits per heavy atom. The van der Waals surface area contributed by atoms with Crippen molar-refractivity contribution < 1.29 is 13.2 Å². The van der Waals surface area contributed by atoms with Gasteiger partial charge in [0.2, 0.25) is 0 Å². The van der Waals surface area contributed by atoms with Crippen molar-refractivity contribution in [1.29, 1.82) is 0 Å². The number of nitrogens with two attached hydrogens (primary N) is 1. The van der Waals surface area contributed by atoms with Crippen LogP contribution in [0.2, 0.25) is 0 Å². The van der Waals surface area contributed by atoms with Gasteiger partial charge in [-0.3, -0.25) is 0 Å². The molecule has 5 heteroatoms. The molecule has 1 heterocycles. The Morgan fingerprint density at radius 1 is 1.50 bits per heavy atom. The summed E-state index contributed by atoms with van der Waals surface area (Å²) in [6.45, 7) is 4.51. The summed E-state index contributed by atoms with van der Waals surface area (Å²) in [6, 6.07) is 0.0737. The minimum absolute atomic E-state index is 0.0737. The van der Waals surface area contributed by atoms with Crippen LogP contribution in [0.15, 0.2) is 0 Å². The van der Waals surface area contributed by atoms with E-state index >= 15 is 0 Å². The molecule has 1 aliphatic rings. The third-order valence-electron chi connectivity index (χ3n) is 3.42. The fourth-order valence-electron chi connectivity index (χ4n) is 2.21. The number of hydrogen-bond donors (Lipinski definition) is 1. The monoisotopic (exact) mass is 249 g/mol. The number of sulfone groups is 1. The largest absolute Gasteiger partial charge is 0.378 e. The van der Waals surface area contributed by atoms with Crippen molar-refractivity contribution in [2.45, 2.75) is 45.3 Å². The van der Waals surface area contributed by atoms with Crippen LogP contribution in [0.4, 0.5) is 0 Å². The Kier molecular flexibility index (Phi) is 5.21. The van der Waals surface area contributed by atoms with E-state index in [0.29, 0.717) is 12.3 Å². The van der Waals surface area contributed by atoms with E-state index in [2.05, 4.69) is 0 Å². The summed E-state index contributed by atoms with van der Waals surface area (Å²) < 4.78 is 28.1. The maximum Gasteiger partial charge on any atom is 0.150 e. The van der Waals surface area contributed by atoms with Gasteiger partial charge in [0, 0.05) is 24.3 Å². The van der Waals surface area contributed by atoms with Crippen LogP contribution in [0.5, 0.6) is 0 Å². The molecule has 3 atom stereocenters. The summed E-state index contributed by atoms with van der Waals surface area (Å²) in [7, 11) is -2.84. The summed E-state index contributed by atoms with van der Waals surface area (Å²) in [5, 5.41) is 0. The molecule has 1 rings (SSSR count). The first-order valence-corrected chi connectivity index (χ1v) is 7.86. The first-order chi connectivity index (χ1) is 7.46. The van der Waals surface area contributed by atoms with Crippen molar-refractivity contribution in [2.75, 3.05) is 18.1 Å². The molecule has 1 aliphatic heterocycles. The van der Waals surface area contributed by atoms with E-state index in [-0.39, 0.29) is 23.7 Å². The van der Waals surface area contributed by atoms with E-state index in [1.165, 1.54) is 0 Å². The SMILES string of the molecule is CCS(=O)(=O)CCCC(N)C1CCOC1C. The van der Waals surface area contributed by atoms with Gasteiger partial charge in [-0.2, -0.15) is 0 Å². The molecule has 3 unspecified atom stereocenters. The average Bonchev–Trinajstić information content (AvgIpc) is 2.64. The van der Waals surface area contributed by atoms with Gasteiger partial charge in [0.25, 0.3) is 0 Å². The highest BCUT2D eigenvalue weighted by Gasteiger charge is 2.29. The van der Waals surface area contributed by atoms with Crippen LogP contribution in [-0.4, -0.2) is 38.7 Å². The van der Waals surface area contributed by atoms with Crippen LogP contribution in [-0.2, 0) is 14.6 Å². The number of rotatable bonds is 6. The molecule has 2 N–H and O–H groups in total. The van der Waals surface area contributed by atoms with E-state index in [0.717, 1.165) is 19.4 Å². The zero-order valence-corrected chi connectivity index (χ0v) is 11.0. The molecule has 1 fully saturated rings. The molecule has 0 aliphatic carbocycles. The van der Waals surface area contributed by atoms with Crippen LogP contribution in [0, 0.1) is 5.92 Å². The second-order valence-corrected chi connectivity index (χ2v) is 7.04. The second kappa shape index (κ2) is 5.98. The first kappa shape index (κ1) is 13.9. The van der Waals surface area contributed by atoms with Crippen LogP contribution in [0.1, 0.15) is 33.1 Å². The fraction of sp³-hybridized carbons (Fsp3) is 1.00. The minimum Gasteiger partial charge on any atom is -0.378 e. The summed E-state index contributed by atoms with van der Waals surface area (Å²) in [6.07, 6.45) is 2.67. The van der Waals surface area contributed by atoms with Gasteiger partial charge in [0.15, 0.2) is 0 Å². The van der Waals surface area contributed by atoms with Crippen LogP contribution >= 0.6 is 0 Å². The lowest BCUT2D eigenvalue weighted by atomic mass is 9.91. The topological polar surface area (TPSA) is 69.4 Å². The lowest BCUT2D eigenvalue weighted by Gasteiger charge is -2.21. The third kappa shape index (κ3) is 4.03. The Labute approximate surface area is 98.5 Å². The van der Waals surface area contributed by atoms with E-state index in [4.69, 9.17) is 10.5 Å². The zero-order valence-electron chi connectivity index (χ0n) is 10.2. The maximum absolute atomic E-state index is 11.3. The highest BCUT2D eigenvalue weighted by Crippen LogP contribution is 2.24. The lowest BCUT2D eigenvalue weighted by molar-refractivity contribution is 0.0986. The van der Waals surface area contributed by atoms with Crippen molar-refractivity contribution in [3.63, 3.8) is 0 Å². The average molecular weight is 249 g/mol. The molecule has 0 spiro atoms. The normalized spacial score (nSPS) is 28.2. The minimum atomic E-state index is -2.84. The van der Waals surface area contributed by atoms with E-state index < -0.39 is 9.84 Å². The van der Waals surface area contributed by atoms with Gasteiger partial charge in [-0.15, -0.1) is 0 Å². The van der Waals surface area contributed by atoms with Gasteiger partial charge in [0.1, 0.15) is 9.84 Å². The summed E-state index contributed by atoms with van der Waals surface area (Å²) in [5.41, 5.74) is 6.07. The highest BCUT2D eigenvalue weighted by molar-refractivity contribution is 7.91. The standard InChI is InChI=1S/C11H23NO3S/c1-3-16(13,14)8-4-5-11(12)10-6-7-15-9(10)2/h9-11H,3-8,12H2,1-2H3.